The summed E-state index contributed by atoms with van der Waals surface area (Å²) in [5, 5.41) is 0. The van der Waals surface area contributed by atoms with Crippen molar-refractivity contribution >= 4 is 34.4 Å². The number of alkyl halides is 1. The topological polar surface area (TPSA) is 17.8 Å². The van der Waals surface area contributed by atoms with Crippen molar-refractivity contribution < 1.29 is 0 Å². The molecule has 0 saturated heterocycles. The Morgan fingerprint density at radius 3 is 2.89 bits per heavy atom. The maximum absolute atomic E-state index is 5.93. The molecule has 4 heteroatoms. The fourth-order valence-corrected chi connectivity index (χ4v) is 3.22. The fraction of sp³-hybridized carbons (Fsp3) is 0.533. The van der Waals surface area contributed by atoms with E-state index in [1.807, 2.05) is 11.8 Å². The molecule has 1 atom stereocenters. The van der Waals surface area contributed by atoms with Gasteiger partial charge in [-0.2, -0.15) is 11.8 Å². The molecule has 0 N–H and O–H groups in total. The monoisotopic (exact) mass is 296 g/mol. The lowest BCUT2D eigenvalue weighted by molar-refractivity contribution is 0.528. The Bertz CT molecular complexity index is 550. The number of aryl methyl sites for hydroxylation is 2. The number of hydrogen-bond donors (Lipinski definition) is 0. The van der Waals surface area contributed by atoms with Gasteiger partial charge in [0.15, 0.2) is 0 Å². The second kappa shape index (κ2) is 6.67. The highest BCUT2D eigenvalue weighted by Crippen LogP contribution is 2.26. The number of hydrogen-bond acceptors (Lipinski definition) is 2. The van der Waals surface area contributed by atoms with Crippen molar-refractivity contribution in [3.63, 3.8) is 0 Å². The Morgan fingerprint density at radius 1 is 1.42 bits per heavy atom. The molecule has 104 valence electrons. The third-order valence-electron chi connectivity index (χ3n) is 3.49. The standard InChI is InChI=1S/C15H21ClN2S/c1-11-5-4-6-13-15(11)17-14(7-9-16)18(13)12(2)8-10-19-3/h4-6,12H,7-10H2,1-3H3. The zero-order valence-corrected chi connectivity index (χ0v) is 13.4. The van der Waals surface area contributed by atoms with Gasteiger partial charge in [0.2, 0.25) is 0 Å². The van der Waals surface area contributed by atoms with Gasteiger partial charge in [0.25, 0.3) is 0 Å². The van der Waals surface area contributed by atoms with Crippen LogP contribution in [-0.4, -0.2) is 27.4 Å². The summed E-state index contributed by atoms with van der Waals surface area (Å²) in [6.07, 6.45) is 4.15. The first-order chi connectivity index (χ1) is 9.19. The number of halogens is 1. The van der Waals surface area contributed by atoms with Gasteiger partial charge in [-0.15, -0.1) is 11.6 Å². The van der Waals surface area contributed by atoms with Crippen LogP contribution in [0.15, 0.2) is 18.2 Å². The van der Waals surface area contributed by atoms with E-state index in [-0.39, 0.29) is 0 Å². The minimum atomic E-state index is 0.470. The van der Waals surface area contributed by atoms with Gasteiger partial charge < -0.3 is 4.57 Å². The van der Waals surface area contributed by atoms with E-state index in [0.717, 1.165) is 24.2 Å². The van der Waals surface area contributed by atoms with Crippen LogP contribution in [0.3, 0.4) is 0 Å². The summed E-state index contributed by atoms with van der Waals surface area (Å²) in [4.78, 5) is 4.80. The van der Waals surface area contributed by atoms with Gasteiger partial charge in [-0.25, -0.2) is 4.98 Å². The molecule has 0 bridgehead atoms. The molecule has 2 aromatic rings. The lowest BCUT2D eigenvalue weighted by Crippen LogP contribution is -2.10. The molecule has 19 heavy (non-hydrogen) atoms. The lowest BCUT2D eigenvalue weighted by Gasteiger charge is -2.17. The first-order valence-corrected chi connectivity index (χ1v) is 8.63. The molecule has 2 rings (SSSR count). The molecule has 1 unspecified atom stereocenters. The van der Waals surface area contributed by atoms with Crippen molar-refractivity contribution in [1.82, 2.24) is 9.55 Å². The first kappa shape index (κ1) is 14.7. The Hall–Kier alpha value is -0.670. The van der Waals surface area contributed by atoms with E-state index in [9.17, 15) is 0 Å². The number of rotatable bonds is 6. The molecule has 0 amide bonds. The molecule has 0 aliphatic rings. The fourth-order valence-electron chi connectivity index (χ4n) is 2.48. The predicted octanol–water partition coefficient (Wildman–Crippen LogP) is 4.44. The van der Waals surface area contributed by atoms with Gasteiger partial charge >= 0.3 is 0 Å². The van der Waals surface area contributed by atoms with E-state index in [2.05, 4.69) is 42.9 Å². The van der Waals surface area contributed by atoms with Crippen LogP contribution in [0, 0.1) is 6.92 Å². The van der Waals surface area contributed by atoms with Crippen LogP contribution in [-0.2, 0) is 6.42 Å². The van der Waals surface area contributed by atoms with Crippen molar-refractivity contribution in [2.75, 3.05) is 17.9 Å². The van der Waals surface area contributed by atoms with Gasteiger partial charge in [-0.05, 0) is 43.9 Å². The van der Waals surface area contributed by atoms with Crippen molar-refractivity contribution in [2.45, 2.75) is 32.7 Å². The molecule has 0 aliphatic heterocycles. The summed E-state index contributed by atoms with van der Waals surface area (Å²) in [6.45, 7) is 4.40. The third kappa shape index (κ3) is 3.09. The zero-order chi connectivity index (χ0) is 13.8. The van der Waals surface area contributed by atoms with E-state index in [1.54, 1.807) is 0 Å². The number of thioether (sulfide) groups is 1. The maximum Gasteiger partial charge on any atom is 0.111 e. The van der Waals surface area contributed by atoms with E-state index >= 15 is 0 Å². The van der Waals surface area contributed by atoms with Crippen molar-refractivity contribution in [1.29, 1.82) is 0 Å². The summed E-state index contributed by atoms with van der Waals surface area (Å²) >= 11 is 7.82. The number of para-hydroxylation sites is 1. The van der Waals surface area contributed by atoms with Crippen LogP contribution >= 0.6 is 23.4 Å². The minimum absolute atomic E-state index is 0.470. The Balaban J connectivity index is 2.48. The third-order valence-corrected chi connectivity index (χ3v) is 4.33. The summed E-state index contributed by atoms with van der Waals surface area (Å²) in [5.74, 6) is 2.91. The highest BCUT2D eigenvalue weighted by Gasteiger charge is 2.16. The maximum atomic E-state index is 5.93. The smallest absolute Gasteiger partial charge is 0.111 e. The summed E-state index contributed by atoms with van der Waals surface area (Å²) in [5.41, 5.74) is 3.61. The molecular weight excluding hydrogens is 276 g/mol. The van der Waals surface area contributed by atoms with E-state index in [1.165, 1.54) is 16.8 Å². The van der Waals surface area contributed by atoms with E-state index in [4.69, 9.17) is 16.6 Å². The van der Waals surface area contributed by atoms with Gasteiger partial charge in [-0.1, -0.05) is 12.1 Å². The molecule has 0 radical (unpaired) electrons. The van der Waals surface area contributed by atoms with Crippen molar-refractivity contribution in [2.24, 2.45) is 0 Å². The zero-order valence-electron chi connectivity index (χ0n) is 11.8. The highest BCUT2D eigenvalue weighted by molar-refractivity contribution is 7.98. The van der Waals surface area contributed by atoms with E-state index in [0.29, 0.717) is 11.9 Å². The Labute approximate surface area is 124 Å². The molecular formula is C15H21ClN2S. The van der Waals surface area contributed by atoms with Crippen molar-refractivity contribution in [3.8, 4) is 0 Å². The summed E-state index contributed by atoms with van der Waals surface area (Å²) in [6, 6.07) is 6.87. The van der Waals surface area contributed by atoms with Gasteiger partial charge in [0.05, 0.1) is 11.0 Å². The largest absolute Gasteiger partial charge is 0.325 e. The summed E-state index contributed by atoms with van der Waals surface area (Å²) in [7, 11) is 0. The quantitative estimate of drug-likeness (QED) is 0.733. The normalized spacial score (nSPS) is 13.1. The molecule has 0 spiro atoms. The Morgan fingerprint density at radius 2 is 2.21 bits per heavy atom. The molecule has 1 aromatic heterocycles. The van der Waals surface area contributed by atoms with Crippen LogP contribution in [0.25, 0.3) is 11.0 Å². The number of benzene rings is 1. The van der Waals surface area contributed by atoms with Gasteiger partial charge in [-0.3, -0.25) is 0 Å². The molecule has 1 heterocycles. The Kier molecular flexibility index (Phi) is 5.17. The van der Waals surface area contributed by atoms with Crippen LogP contribution in [0.5, 0.6) is 0 Å². The average molecular weight is 297 g/mol. The average Bonchev–Trinajstić information content (AvgIpc) is 2.76. The highest BCUT2D eigenvalue weighted by atomic mass is 35.5. The van der Waals surface area contributed by atoms with Gasteiger partial charge in [0, 0.05) is 18.3 Å². The number of imidazole rings is 1. The SMILES string of the molecule is CSCCC(C)n1c(CCCl)nc2c(C)cccc21. The van der Waals surface area contributed by atoms with Crippen LogP contribution < -0.4 is 0 Å². The first-order valence-electron chi connectivity index (χ1n) is 6.70. The lowest BCUT2D eigenvalue weighted by atomic mass is 10.2. The molecule has 0 saturated carbocycles. The second-order valence-electron chi connectivity index (χ2n) is 4.91. The number of fused-ring (bicyclic) bond motifs is 1. The number of aromatic nitrogens is 2. The minimum Gasteiger partial charge on any atom is -0.325 e. The van der Waals surface area contributed by atoms with Gasteiger partial charge in [0.1, 0.15) is 5.82 Å². The van der Waals surface area contributed by atoms with Crippen molar-refractivity contribution in [3.05, 3.63) is 29.6 Å². The molecule has 1 aromatic carbocycles. The molecule has 0 fully saturated rings. The van der Waals surface area contributed by atoms with E-state index < -0.39 is 0 Å². The van der Waals surface area contributed by atoms with Crippen LogP contribution in [0.4, 0.5) is 0 Å². The second-order valence-corrected chi connectivity index (χ2v) is 6.27. The molecule has 0 aliphatic carbocycles. The predicted molar refractivity (Wildman–Crippen MR) is 86.6 cm³/mol. The number of nitrogens with zero attached hydrogens (tertiary/aromatic N) is 2. The van der Waals surface area contributed by atoms with Crippen LogP contribution in [0.1, 0.15) is 30.8 Å². The van der Waals surface area contributed by atoms with Crippen LogP contribution in [0.2, 0.25) is 0 Å². The molecule has 2 nitrogen and oxygen atoms in total. The summed E-state index contributed by atoms with van der Waals surface area (Å²) < 4.78 is 2.38.